The number of fused-ring (bicyclic) bond motifs is 1. The molecule has 1 aromatic heterocycles. The summed E-state index contributed by atoms with van der Waals surface area (Å²) < 4.78 is 78.0. The van der Waals surface area contributed by atoms with Crippen molar-refractivity contribution in [2.24, 2.45) is 5.92 Å². The number of hydrogen-bond acceptors (Lipinski definition) is 6. The molecule has 0 unspecified atom stereocenters. The molecule has 0 aliphatic carbocycles. The molecule has 38 heavy (non-hydrogen) atoms. The fourth-order valence-electron chi connectivity index (χ4n) is 4.14. The maximum Gasteiger partial charge on any atom is 0.416 e. The Balaban J connectivity index is 1.88. The van der Waals surface area contributed by atoms with Crippen molar-refractivity contribution in [1.29, 1.82) is 0 Å². The fourth-order valence-corrected chi connectivity index (χ4v) is 5.38. The van der Waals surface area contributed by atoms with E-state index in [2.05, 4.69) is 4.72 Å². The van der Waals surface area contributed by atoms with Crippen LogP contribution in [-0.2, 0) is 32.3 Å². The summed E-state index contributed by atoms with van der Waals surface area (Å²) in [5.74, 6) is -0.896. The van der Waals surface area contributed by atoms with Gasteiger partial charge in [0.1, 0.15) is 18.2 Å². The Hall–Kier alpha value is -3.18. The van der Waals surface area contributed by atoms with Gasteiger partial charge < -0.3 is 9.15 Å². The molecule has 2 aromatic carbocycles. The summed E-state index contributed by atoms with van der Waals surface area (Å²) in [4.78, 5) is 24.5. The first-order valence-electron chi connectivity index (χ1n) is 12.0. The number of alkyl halides is 3. The number of hydrogen-bond donors (Lipinski definition) is 1. The summed E-state index contributed by atoms with van der Waals surface area (Å²) in [6.45, 7) is 9.10. The van der Waals surface area contributed by atoms with Gasteiger partial charge in [-0.2, -0.15) is 17.9 Å². The van der Waals surface area contributed by atoms with E-state index in [-0.39, 0.29) is 24.9 Å². The summed E-state index contributed by atoms with van der Waals surface area (Å²) in [7, 11) is -4.49. The molecule has 0 aliphatic rings. The lowest BCUT2D eigenvalue weighted by Gasteiger charge is -2.20. The van der Waals surface area contributed by atoms with E-state index in [0.29, 0.717) is 22.6 Å². The second kappa shape index (κ2) is 11.3. The molecule has 11 heteroatoms. The predicted molar refractivity (Wildman–Crippen MR) is 136 cm³/mol. The van der Waals surface area contributed by atoms with Gasteiger partial charge in [-0.15, -0.1) is 0 Å². The van der Waals surface area contributed by atoms with Crippen LogP contribution in [-0.4, -0.2) is 20.4 Å². The molecular formula is C27H30F3NO6S. The first kappa shape index (κ1) is 29.4. The standard InChI is InChI=1S/C27H30F3NO6S/c1-15(2)9-23(31-38(34,35)20-8-6-7-19(12-20)27(28,29)30)26(33)36-14-18-11-25(32)37-24-10-17(5)21(16(3)4)13-22(18)24/h6-8,10-13,15-16,23,31H,9,14H2,1-5H3/t23-/m0/s1. The number of carbonyl (C=O) groups excluding carboxylic acids is 1. The van der Waals surface area contributed by atoms with Gasteiger partial charge in [0.15, 0.2) is 0 Å². The average Bonchev–Trinajstić information content (AvgIpc) is 2.80. The molecular weight excluding hydrogens is 523 g/mol. The topological polar surface area (TPSA) is 103 Å². The van der Waals surface area contributed by atoms with Crippen molar-refractivity contribution in [2.45, 2.75) is 70.7 Å². The van der Waals surface area contributed by atoms with Crippen LogP contribution < -0.4 is 10.3 Å². The Labute approximate surface area is 219 Å². The number of sulfonamides is 1. The Bertz CT molecular complexity index is 1490. The van der Waals surface area contributed by atoms with Gasteiger partial charge in [-0.05, 0) is 66.6 Å². The second-order valence-electron chi connectivity index (χ2n) is 9.89. The number of ether oxygens (including phenoxy) is 1. The van der Waals surface area contributed by atoms with E-state index >= 15 is 0 Å². The summed E-state index contributed by atoms with van der Waals surface area (Å²) in [6, 6.07) is 6.70. The first-order valence-corrected chi connectivity index (χ1v) is 13.5. The molecule has 206 valence electrons. The Kier molecular flexibility index (Phi) is 8.72. The zero-order valence-electron chi connectivity index (χ0n) is 21.7. The quantitative estimate of drug-likeness (QED) is 0.270. The van der Waals surface area contributed by atoms with E-state index < -0.39 is 44.3 Å². The van der Waals surface area contributed by atoms with Crippen molar-refractivity contribution >= 4 is 27.0 Å². The van der Waals surface area contributed by atoms with Crippen LogP contribution in [0.1, 0.15) is 62.3 Å². The molecule has 3 aromatic rings. The summed E-state index contributed by atoms with van der Waals surface area (Å²) in [6.07, 6.45) is -4.70. The van der Waals surface area contributed by atoms with Gasteiger partial charge in [-0.3, -0.25) is 4.79 Å². The molecule has 0 fully saturated rings. The van der Waals surface area contributed by atoms with E-state index in [9.17, 15) is 31.2 Å². The van der Waals surface area contributed by atoms with Crippen molar-refractivity contribution < 1.29 is 35.5 Å². The summed E-state index contributed by atoms with van der Waals surface area (Å²) in [5.41, 5.74) is 0.902. The minimum atomic E-state index is -4.74. The van der Waals surface area contributed by atoms with Crippen molar-refractivity contribution in [3.8, 4) is 0 Å². The Morgan fingerprint density at radius 1 is 1.08 bits per heavy atom. The highest BCUT2D eigenvalue weighted by atomic mass is 32.2. The third kappa shape index (κ3) is 7.02. The molecule has 1 N–H and O–H groups in total. The van der Waals surface area contributed by atoms with Gasteiger partial charge in [0.05, 0.1) is 10.5 Å². The normalized spacial score (nSPS) is 13.3. The van der Waals surface area contributed by atoms with E-state index in [1.165, 1.54) is 6.07 Å². The second-order valence-corrected chi connectivity index (χ2v) is 11.6. The van der Waals surface area contributed by atoms with Crippen molar-refractivity contribution in [3.63, 3.8) is 0 Å². The number of rotatable bonds is 9. The van der Waals surface area contributed by atoms with Gasteiger partial charge in [-0.1, -0.05) is 33.8 Å². The molecule has 7 nitrogen and oxygen atoms in total. The number of aryl methyl sites for hydroxylation is 1. The fraction of sp³-hybridized carbons (Fsp3) is 0.407. The molecule has 0 spiro atoms. The van der Waals surface area contributed by atoms with Gasteiger partial charge >= 0.3 is 17.8 Å². The largest absolute Gasteiger partial charge is 0.460 e. The van der Waals surface area contributed by atoms with E-state index in [1.807, 2.05) is 26.8 Å². The lowest BCUT2D eigenvalue weighted by atomic mass is 9.95. The van der Waals surface area contributed by atoms with Gasteiger partial charge in [0.2, 0.25) is 10.0 Å². The van der Waals surface area contributed by atoms with Crippen molar-refractivity contribution in [3.05, 3.63) is 75.1 Å². The molecule has 0 aliphatic heterocycles. The lowest BCUT2D eigenvalue weighted by molar-refractivity contribution is -0.147. The Morgan fingerprint density at radius 2 is 1.76 bits per heavy atom. The van der Waals surface area contributed by atoms with Gasteiger partial charge in [0, 0.05) is 17.0 Å². The molecule has 0 radical (unpaired) electrons. The van der Waals surface area contributed by atoms with Gasteiger partial charge in [-0.25, -0.2) is 13.2 Å². The average molecular weight is 554 g/mol. The van der Waals surface area contributed by atoms with Crippen LogP contribution in [0, 0.1) is 12.8 Å². The van der Waals surface area contributed by atoms with Crippen molar-refractivity contribution in [2.75, 3.05) is 0 Å². The van der Waals surface area contributed by atoms with Crippen LogP contribution >= 0.6 is 0 Å². The summed E-state index contributed by atoms with van der Waals surface area (Å²) in [5, 5.41) is 0.580. The minimum absolute atomic E-state index is 0.0331. The third-order valence-corrected chi connectivity index (χ3v) is 7.44. The van der Waals surface area contributed by atoms with Crippen LogP contribution in [0.4, 0.5) is 13.2 Å². The highest BCUT2D eigenvalue weighted by Crippen LogP contribution is 2.31. The molecule has 1 heterocycles. The lowest BCUT2D eigenvalue weighted by Crippen LogP contribution is -2.42. The van der Waals surface area contributed by atoms with E-state index in [0.717, 1.165) is 29.3 Å². The smallest absolute Gasteiger partial charge is 0.416 e. The maximum absolute atomic E-state index is 13.1. The van der Waals surface area contributed by atoms with Crippen LogP contribution in [0.25, 0.3) is 11.0 Å². The number of benzene rings is 2. The molecule has 3 rings (SSSR count). The number of carbonyl (C=O) groups is 1. The summed E-state index contributed by atoms with van der Waals surface area (Å²) >= 11 is 0. The van der Waals surface area contributed by atoms with Crippen molar-refractivity contribution in [1.82, 2.24) is 4.72 Å². The molecule has 0 amide bonds. The predicted octanol–water partition coefficient (Wildman–Crippen LogP) is 5.68. The highest BCUT2D eigenvalue weighted by molar-refractivity contribution is 7.89. The highest BCUT2D eigenvalue weighted by Gasteiger charge is 2.33. The SMILES string of the molecule is Cc1cc2oc(=O)cc(COC(=O)[C@H](CC(C)C)NS(=O)(=O)c3cccc(C(F)(F)F)c3)c2cc1C(C)C. The number of nitrogens with one attached hydrogen (secondary N) is 1. The van der Waals surface area contributed by atoms with E-state index in [1.54, 1.807) is 19.9 Å². The van der Waals surface area contributed by atoms with Crippen LogP contribution in [0.3, 0.4) is 0 Å². The van der Waals surface area contributed by atoms with Crippen LogP contribution in [0.15, 0.2) is 56.6 Å². The number of halogens is 3. The number of esters is 1. The zero-order chi connectivity index (χ0) is 28.4. The maximum atomic E-state index is 13.1. The molecule has 0 saturated heterocycles. The minimum Gasteiger partial charge on any atom is -0.460 e. The molecule has 0 bridgehead atoms. The van der Waals surface area contributed by atoms with Gasteiger partial charge in [0.25, 0.3) is 0 Å². The Morgan fingerprint density at radius 3 is 2.37 bits per heavy atom. The monoisotopic (exact) mass is 553 g/mol. The van der Waals surface area contributed by atoms with Crippen LogP contribution in [0.5, 0.6) is 0 Å². The molecule has 1 atom stereocenters. The van der Waals surface area contributed by atoms with E-state index in [4.69, 9.17) is 9.15 Å². The first-order chi connectivity index (χ1) is 17.6. The zero-order valence-corrected chi connectivity index (χ0v) is 22.5. The van der Waals surface area contributed by atoms with Crippen LogP contribution in [0.2, 0.25) is 0 Å². The third-order valence-electron chi connectivity index (χ3n) is 5.97. The molecule has 0 saturated carbocycles.